The van der Waals surface area contributed by atoms with E-state index in [1.165, 1.54) is 19.9 Å². The van der Waals surface area contributed by atoms with Crippen LogP contribution >= 0.6 is 0 Å². The Balaban J connectivity index is 1.65. The Hall–Kier alpha value is -3.67. The van der Waals surface area contributed by atoms with Crippen LogP contribution in [-0.2, 0) is 9.53 Å². The van der Waals surface area contributed by atoms with Crippen molar-refractivity contribution in [3.63, 3.8) is 0 Å². The van der Waals surface area contributed by atoms with Gasteiger partial charge in [-0.25, -0.2) is 4.79 Å². The number of ether oxygens (including phenoxy) is 1. The van der Waals surface area contributed by atoms with Gasteiger partial charge in [-0.2, -0.15) is 0 Å². The van der Waals surface area contributed by atoms with Crippen LogP contribution in [0.15, 0.2) is 59.0 Å². The van der Waals surface area contributed by atoms with Gasteiger partial charge in [-0.15, -0.1) is 0 Å². The number of hydrogen-bond donors (Lipinski definition) is 1. The maximum Gasteiger partial charge on any atom is 0.375 e. The summed E-state index contributed by atoms with van der Waals surface area (Å²) >= 11 is 0. The normalized spacial score (nSPS) is 11.6. The first-order valence-corrected chi connectivity index (χ1v) is 9.55. The number of Topliss-reactive ketones (excluding diaryl/α,β-unsaturated/α-hetero) is 1. The highest BCUT2D eigenvalue weighted by molar-refractivity contribution is 5.97. The standard InChI is InChI=1S/C24H23NO5/c1-14-5-6-15(2)20(13-14)25-23(27)17(4)29-24(28)22-12-11-21(30-22)19-9-7-18(8-10-19)16(3)26/h5-13,17H,1-4H3,(H,25,27)/t17-/m0/s1. The smallest absolute Gasteiger partial charge is 0.375 e. The van der Waals surface area contributed by atoms with E-state index in [9.17, 15) is 14.4 Å². The molecule has 2 aromatic carbocycles. The second-order valence-corrected chi connectivity index (χ2v) is 7.15. The molecule has 0 aliphatic rings. The van der Waals surface area contributed by atoms with E-state index in [1.807, 2.05) is 32.0 Å². The molecule has 3 aromatic rings. The molecule has 6 nitrogen and oxygen atoms in total. The van der Waals surface area contributed by atoms with Gasteiger partial charge in [-0.05, 0) is 57.0 Å². The molecular weight excluding hydrogens is 382 g/mol. The Morgan fingerprint density at radius 1 is 0.967 bits per heavy atom. The topological polar surface area (TPSA) is 85.6 Å². The van der Waals surface area contributed by atoms with Crippen molar-refractivity contribution in [2.75, 3.05) is 5.32 Å². The van der Waals surface area contributed by atoms with Crippen LogP contribution in [0.1, 0.15) is 45.9 Å². The Kier molecular flexibility index (Phi) is 6.16. The van der Waals surface area contributed by atoms with Crippen LogP contribution in [0.25, 0.3) is 11.3 Å². The third kappa shape index (κ3) is 4.84. The molecule has 0 spiro atoms. The van der Waals surface area contributed by atoms with Crippen molar-refractivity contribution in [1.29, 1.82) is 0 Å². The number of hydrogen-bond acceptors (Lipinski definition) is 5. The molecule has 1 atom stereocenters. The fraction of sp³-hybridized carbons (Fsp3) is 0.208. The predicted molar refractivity (Wildman–Crippen MR) is 114 cm³/mol. The molecule has 1 heterocycles. The first-order valence-electron chi connectivity index (χ1n) is 9.55. The molecule has 0 unspecified atom stereocenters. The molecule has 0 aliphatic carbocycles. The largest absolute Gasteiger partial charge is 0.449 e. The summed E-state index contributed by atoms with van der Waals surface area (Å²) in [6.07, 6.45) is -0.999. The maximum atomic E-state index is 12.4. The molecule has 0 fully saturated rings. The van der Waals surface area contributed by atoms with Gasteiger partial charge in [-0.3, -0.25) is 9.59 Å². The van der Waals surface area contributed by atoms with Crippen LogP contribution < -0.4 is 5.32 Å². The monoisotopic (exact) mass is 405 g/mol. The van der Waals surface area contributed by atoms with Gasteiger partial charge in [0.15, 0.2) is 11.9 Å². The molecule has 0 radical (unpaired) electrons. The van der Waals surface area contributed by atoms with Gasteiger partial charge in [0.05, 0.1) is 0 Å². The molecular formula is C24H23NO5. The molecule has 154 valence electrons. The highest BCUT2D eigenvalue weighted by Crippen LogP contribution is 2.24. The number of benzene rings is 2. The van der Waals surface area contributed by atoms with Crippen LogP contribution in [0.5, 0.6) is 0 Å². The van der Waals surface area contributed by atoms with E-state index in [-0.39, 0.29) is 11.5 Å². The summed E-state index contributed by atoms with van der Waals surface area (Å²) in [6, 6.07) is 15.7. The number of esters is 1. The summed E-state index contributed by atoms with van der Waals surface area (Å²) in [6.45, 7) is 6.82. The summed E-state index contributed by atoms with van der Waals surface area (Å²) < 4.78 is 10.8. The van der Waals surface area contributed by atoms with Crippen LogP contribution in [0.4, 0.5) is 5.69 Å². The SMILES string of the molecule is CC(=O)c1ccc(-c2ccc(C(=O)O[C@@H](C)C(=O)Nc3cc(C)ccc3C)o2)cc1. The minimum absolute atomic E-state index is 0.00738. The van der Waals surface area contributed by atoms with Crippen LogP contribution in [0.2, 0.25) is 0 Å². The average Bonchev–Trinajstić information content (AvgIpc) is 3.21. The Bertz CT molecular complexity index is 1100. The van der Waals surface area contributed by atoms with E-state index in [0.717, 1.165) is 16.7 Å². The fourth-order valence-electron chi connectivity index (χ4n) is 2.85. The van der Waals surface area contributed by atoms with Crippen LogP contribution in [-0.4, -0.2) is 23.8 Å². The Morgan fingerprint density at radius 2 is 1.67 bits per heavy atom. The molecule has 30 heavy (non-hydrogen) atoms. The minimum Gasteiger partial charge on any atom is -0.449 e. The number of carbonyl (C=O) groups is 3. The van der Waals surface area contributed by atoms with Gasteiger partial charge >= 0.3 is 5.97 Å². The maximum absolute atomic E-state index is 12.4. The van der Waals surface area contributed by atoms with Gasteiger partial charge in [0.2, 0.25) is 5.76 Å². The number of rotatable bonds is 6. The average molecular weight is 405 g/mol. The lowest BCUT2D eigenvalue weighted by Gasteiger charge is -2.14. The first-order chi connectivity index (χ1) is 14.2. The number of furan rings is 1. The van der Waals surface area contributed by atoms with Gasteiger partial charge in [-0.1, -0.05) is 36.4 Å². The van der Waals surface area contributed by atoms with Crippen molar-refractivity contribution in [3.8, 4) is 11.3 Å². The number of amides is 1. The van der Waals surface area contributed by atoms with E-state index in [2.05, 4.69) is 5.32 Å². The van der Waals surface area contributed by atoms with Crippen LogP contribution in [0, 0.1) is 13.8 Å². The number of anilines is 1. The van der Waals surface area contributed by atoms with Gasteiger partial charge in [0.25, 0.3) is 5.91 Å². The molecule has 0 saturated heterocycles. The van der Waals surface area contributed by atoms with E-state index >= 15 is 0 Å². The van der Waals surface area contributed by atoms with Crippen molar-refractivity contribution in [2.24, 2.45) is 0 Å². The highest BCUT2D eigenvalue weighted by Gasteiger charge is 2.22. The molecule has 0 saturated carbocycles. The molecule has 6 heteroatoms. The lowest BCUT2D eigenvalue weighted by atomic mass is 10.1. The molecule has 1 N–H and O–H groups in total. The lowest BCUT2D eigenvalue weighted by Crippen LogP contribution is -2.30. The highest BCUT2D eigenvalue weighted by atomic mass is 16.6. The second-order valence-electron chi connectivity index (χ2n) is 7.15. The number of aryl methyl sites for hydroxylation is 2. The molecule has 0 bridgehead atoms. The van der Waals surface area contributed by atoms with Crippen molar-refractivity contribution in [1.82, 2.24) is 0 Å². The van der Waals surface area contributed by atoms with Crippen molar-refractivity contribution in [3.05, 3.63) is 77.0 Å². The molecule has 1 aromatic heterocycles. The van der Waals surface area contributed by atoms with E-state index in [0.29, 0.717) is 17.0 Å². The summed E-state index contributed by atoms with van der Waals surface area (Å²) in [5, 5.41) is 2.78. The summed E-state index contributed by atoms with van der Waals surface area (Å²) in [4.78, 5) is 36.2. The van der Waals surface area contributed by atoms with Crippen LogP contribution in [0.3, 0.4) is 0 Å². The summed E-state index contributed by atoms with van der Waals surface area (Å²) in [7, 11) is 0. The molecule has 3 rings (SSSR count). The Labute approximate surface area is 174 Å². The van der Waals surface area contributed by atoms with Gasteiger partial charge < -0.3 is 14.5 Å². The zero-order valence-electron chi connectivity index (χ0n) is 17.3. The molecule has 0 aliphatic heterocycles. The van der Waals surface area contributed by atoms with E-state index in [1.54, 1.807) is 30.3 Å². The van der Waals surface area contributed by atoms with Crippen molar-refractivity contribution < 1.29 is 23.5 Å². The second kappa shape index (κ2) is 8.78. The van der Waals surface area contributed by atoms with Crippen molar-refractivity contribution in [2.45, 2.75) is 33.8 Å². The van der Waals surface area contributed by atoms with Gasteiger partial charge in [0.1, 0.15) is 5.76 Å². The summed E-state index contributed by atoms with van der Waals surface area (Å²) in [5.74, 6) is -0.733. The Morgan fingerprint density at radius 3 is 2.33 bits per heavy atom. The van der Waals surface area contributed by atoms with E-state index in [4.69, 9.17) is 9.15 Å². The zero-order chi connectivity index (χ0) is 21.8. The predicted octanol–water partition coefficient (Wildman–Crippen LogP) is 4.95. The minimum atomic E-state index is -0.999. The zero-order valence-corrected chi connectivity index (χ0v) is 17.3. The summed E-state index contributed by atoms with van der Waals surface area (Å²) in [5.41, 5.74) is 3.92. The lowest BCUT2D eigenvalue weighted by molar-refractivity contribution is -0.123. The molecule has 1 amide bonds. The number of carbonyl (C=O) groups excluding carboxylic acids is 3. The fourth-order valence-corrected chi connectivity index (χ4v) is 2.85. The van der Waals surface area contributed by atoms with E-state index < -0.39 is 18.0 Å². The number of ketones is 1. The third-order valence-electron chi connectivity index (χ3n) is 4.69. The third-order valence-corrected chi connectivity index (χ3v) is 4.69. The first kappa shape index (κ1) is 21.0. The number of nitrogens with one attached hydrogen (secondary N) is 1. The van der Waals surface area contributed by atoms with Crippen molar-refractivity contribution >= 4 is 23.3 Å². The van der Waals surface area contributed by atoms with Gasteiger partial charge in [0, 0.05) is 16.8 Å². The quantitative estimate of drug-likeness (QED) is 0.463.